The van der Waals surface area contributed by atoms with Gasteiger partial charge in [-0.05, 0) is 82.5 Å². The molecule has 0 radical (unpaired) electrons. The molecule has 2 heterocycles. The Kier molecular flexibility index (Phi) is 10.2. The van der Waals surface area contributed by atoms with Crippen LogP contribution in [0.2, 0.25) is 0 Å². The highest BCUT2D eigenvalue weighted by molar-refractivity contribution is 9.10. The predicted octanol–water partition coefficient (Wildman–Crippen LogP) is 8.49. The van der Waals surface area contributed by atoms with Crippen LogP contribution in [-0.2, 0) is 16.4 Å². The lowest BCUT2D eigenvalue weighted by Crippen LogP contribution is -2.27. The average Bonchev–Trinajstić information content (AvgIpc) is 3.57. The molecule has 0 amide bonds. The molecule has 2 aromatic heterocycles. The fourth-order valence-corrected chi connectivity index (χ4v) is 7.71. The highest BCUT2D eigenvalue weighted by atomic mass is 79.9. The van der Waals surface area contributed by atoms with Crippen LogP contribution in [0.5, 0.6) is 5.75 Å². The number of rotatable bonds is 13. The topological polar surface area (TPSA) is 106 Å². The first-order valence-corrected chi connectivity index (χ1v) is 18.3. The molecule has 1 atom stereocenters. The Balaban J connectivity index is 1.14. The quantitative estimate of drug-likeness (QED) is 0.122. The van der Waals surface area contributed by atoms with E-state index >= 15 is 0 Å². The van der Waals surface area contributed by atoms with Crippen molar-refractivity contribution in [3.63, 3.8) is 0 Å². The van der Waals surface area contributed by atoms with Crippen LogP contribution in [-0.4, -0.2) is 35.7 Å². The standard InChI is InChI=1S/C35H31BrFN5O3S2/c1-2-30(38-15-16-47(43,44)27-9-4-3-5-10-27)35-42-32(21-46-35)24-11-13-31-28(18-24)34(40-22-39-31)41-26-12-14-33(29(36)19-26)45-20-23-7-6-8-25(37)17-23/h3-14,17-19,21-22,30,38H,2,15-16,20H2,1H3,(H,39,40,41). The van der Waals surface area contributed by atoms with Crippen molar-refractivity contribution in [2.45, 2.75) is 30.9 Å². The minimum atomic E-state index is -3.37. The number of hydrogen-bond acceptors (Lipinski definition) is 9. The van der Waals surface area contributed by atoms with Crippen molar-refractivity contribution >= 4 is 59.5 Å². The lowest BCUT2D eigenvalue weighted by Gasteiger charge is -2.14. The maximum absolute atomic E-state index is 13.5. The monoisotopic (exact) mass is 731 g/mol. The van der Waals surface area contributed by atoms with Crippen molar-refractivity contribution in [1.29, 1.82) is 0 Å². The minimum Gasteiger partial charge on any atom is -0.488 e. The number of sulfone groups is 1. The van der Waals surface area contributed by atoms with Crippen LogP contribution in [0.4, 0.5) is 15.9 Å². The second kappa shape index (κ2) is 14.7. The zero-order chi connectivity index (χ0) is 32.8. The van der Waals surface area contributed by atoms with Crippen molar-refractivity contribution in [1.82, 2.24) is 20.3 Å². The third kappa shape index (κ3) is 8.02. The van der Waals surface area contributed by atoms with Gasteiger partial charge in [0.05, 0.1) is 32.4 Å². The lowest BCUT2D eigenvalue weighted by atomic mass is 10.1. The van der Waals surface area contributed by atoms with Gasteiger partial charge in [-0.2, -0.15) is 0 Å². The van der Waals surface area contributed by atoms with E-state index in [0.717, 1.165) is 49.3 Å². The first-order chi connectivity index (χ1) is 22.8. The highest BCUT2D eigenvalue weighted by Crippen LogP contribution is 2.33. The Morgan fingerprint density at radius 1 is 0.979 bits per heavy atom. The number of fused-ring (bicyclic) bond motifs is 1. The summed E-state index contributed by atoms with van der Waals surface area (Å²) in [7, 11) is -3.37. The molecular formula is C35H31BrFN5O3S2. The molecule has 0 saturated carbocycles. The largest absolute Gasteiger partial charge is 0.488 e. The van der Waals surface area contributed by atoms with Crippen molar-refractivity contribution in [2.75, 3.05) is 17.6 Å². The third-order valence-electron chi connectivity index (χ3n) is 7.50. The molecule has 0 bridgehead atoms. The molecule has 0 saturated heterocycles. The fraction of sp³-hybridized carbons (Fsp3) is 0.171. The molecule has 0 aliphatic carbocycles. The van der Waals surface area contributed by atoms with Crippen LogP contribution in [0.1, 0.15) is 30.0 Å². The second-order valence-electron chi connectivity index (χ2n) is 10.8. The normalized spacial score (nSPS) is 12.2. The predicted molar refractivity (Wildman–Crippen MR) is 188 cm³/mol. The highest BCUT2D eigenvalue weighted by Gasteiger charge is 2.18. The second-order valence-corrected chi connectivity index (χ2v) is 14.6. The van der Waals surface area contributed by atoms with E-state index in [2.05, 4.69) is 43.5 Å². The summed E-state index contributed by atoms with van der Waals surface area (Å²) in [6, 6.07) is 26.3. The molecule has 0 spiro atoms. The van der Waals surface area contributed by atoms with E-state index in [1.54, 1.807) is 47.7 Å². The van der Waals surface area contributed by atoms with Crippen molar-refractivity contribution in [3.05, 3.63) is 124 Å². The van der Waals surface area contributed by atoms with Crippen LogP contribution in [0, 0.1) is 5.82 Å². The van der Waals surface area contributed by atoms with Gasteiger partial charge in [0.15, 0.2) is 9.84 Å². The number of thiazole rings is 1. The fourth-order valence-electron chi connectivity index (χ4n) is 5.04. The van der Waals surface area contributed by atoms with E-state index < -0.39 is 9.84 Å². The van der Waals surface area contributed by atoms with Gasteiger partial charge in [0.25, 0.3) is 0 Å². The first kappa shape index (κ1) is 32.7. The Bertz CT molecular complexity index is 2110. The van der Waals surface area contributed by atoms with Gasteiger partial charge in [-0.1, -0.05) is 43.3 Å². The van der Waals surface area contributed by atoms with Crippen LogP contribution in [0.3, 0.4) is 0 Å². The smallest absolute Gasteiger partial charge is 0.179 e. The van der Waals surface area contributed by atoms with Crippen molar-refractivity contribution in [3.8, 4) is 17.0 Å². The van der Waals surface area contributed by atoms with Gasteiger partial charge in [-0.3, -0.25) is 0 Å². The Labute approximate surface area is 285 Å². The molecule has 0 fully saturated rings. The van der Waals surface area contributed by atoms with Gasteiger partial charge in [0.1, 0.15) is 35.3 Å². The van der Waals surface area contributed by atoms with Gasteiger partial charge < -0.3 is 15.4 Å². The van der Waals surface area contributed by atoms with E-state index in [1.807, 2.05) is 47.8 Å². The lowest BCUT2D eigenvalue weighted by molar-refractivity contribution is 0.303. The van der Waals surface area contributed by atoms with Crippen molar-refractivity contribution in [2.24, 2.45) is 0 Å². The number of aromatic nitrogens is 3. The summed E-state index contributed by atoms with van der Waals surface area (Å²) in [4.78, 5) is 14.2. The van der Waals surface area contributed by atoms with E-state index in [9.17, 15) is 12.8 Å². The molecule has 6 rings (SSSR count). The first-order valence-electron chi connectivity index (χ1n) is 14.9. The molecule has 1 unspecified atom stereocenters. The summed E-state index contributed by atoms with van der Waals surface area (Å²) in [5.74, 6) is 0.979. The summed E-state index contributed by atoms with van der Waals surface area (Å²) in [5, 5.41) is 10.5. The zero-order valence-electron chi connectivity index (χ0n) is 25.4. The zero-order valence-corrected chi connectivity index (χ0v) is 28.6. The van der Waals surface area contributed by atoms with Crippen molar-refractivity contribution < 1.29 is 17.5 Å². The van der Waals surface area contributed by atoms with E-state index in [4.69, 9.17) is 9.72 Å². The molecule has 0 aliphatic rings. The summed E-state index contributed by atoms with van der Waals surface area (Å²) < 4.78 is 45.6. The Morgan fingerprint density at radius 2 is 1.83 bits per heavy atom. The van der Waals surface area contributed by atoms with Crippen LogP contribution >= 0.6 is 27.3 Å². The maximum atomic E-state index is 13.5. The Hall–Kier alpha value is -4.23. The molecule has 240 valence electrons. The minimum absolute atomic E-state index is 0.00737. The molecule has 0 aliphatic heterocycles. The molecule has 12 heteroatoms. The molecular weight excluding hydrogens is 701 g/mol. The van der Waals surface area contributed by atoms with Gasteiger partial charge in [0, 0.05) is 28.6 Å². The average molecular weight is 733 g/mol. The summed E-state index contributed by atoms with van der Waals surface area (Å²) in [6.07, 6.45) is 2.29. The molecule has 47 heavy (non-hydrogen) atoms. The summed E-state index contributed by atoms with van der Waals surface area (Å²) in [5.41, 5.74) is 4.06. The number of benzene rings is 4. The van der Waals surface area contributed by atoms with Crippen LogP contribution < -0.4 is 15.4 Å². The SMILES string of the molecule is CCC(NCCS(=O)(=O)c1ccccc1)c1nc(-c2ccc3ncnc(Nc4ccc(OCc5cccc(F)c5)c(Br)c4)c3c2)cs1. The number of hydrogen-bond donors (Lipinski definition) is 2. The number of nitrogens with zero attached hydrogens (tertiary/aromatic N) is 3. The number of halogens is 2. The van der Waals surface area contributed by atoms with Crippen LogP contribution in [0.25, 0.3) is 22.2 Å². The number of nitrogens with one attached hydrogen (secondary N) is 2. The third-order valence-corrected chi connectivity index (χ3v) is 10.8. The maximum Gasteiger partial charge on any atom is 0.179 e. The van der Waals surface area contributed by atoms with E-state index in [-0.39, 0.29) is 24.2 Å². The molecule has 2 N–H and O–H groups in total. The molecule has 8 nitrogen and oxygen atoms in total. The number of ether oxygens (including phenoxy) is 1. The van der Waals surface area contributed by atoms with Gasteiger partial charge in [-0.25, -0.2) is 27.8 Å². The summed E-state index contributed by atoms with van der Waals surface area (Å²) >= 11 is 5.13. The van der Waals surface area contributed by atoms with Gasteiger partial charge in [-0.15, -0.1) is 11.3 Å². The van der Waals surface area contributed by atoms with Gasteiger partial charge in [0.2, 0.25) is 0 Å². The van der Waals surface area contributed by atoms with Gasteiger partial charge >= 0.3 is 0 Å². The van der Waals surface area contributed by atoms with E-state index in [0.29, 0.717) is 23.0 Å². The molecule has 6 aromatic rings. The summed E-state index contributed by atoms with van der Waals surface area (Å²) in [6.45, 7) is 2.62. The Morgan fingerprint density at radius 3 is 2.62 bits per heavy atom. The number of anilines is 2. The molecule has 4 aromatic carbocycles. The van der Waals surface area contributed by atoms with Crippen LogP contribution in [0.15, 0.2) is 112 Å². The van der Waals surface area contributed by atoms with E-state index in [1.165, 1.54) is 18.5 Å².